The third-order valence-corrected chi connectivity index (χ3v) is 3.61. The number of carbonyl (C=O) groups is 1. The number of nitrogens with zero attached hydrogens (tertiary/aromatic N) is 3. The molecule has 1 fully saturated rings. The van der Waals surface area contributed by atoms with E-state index in [0.717, 1.165) is 31.6 Å². The SMILES string of the molecule is CN(C)c1ccc(C(=O)N2CCCC[C@@H]2CN)cn1. The maximum Gasteiger partial charge on any atom is 0.255 e. The van der Waals surface area contributed by atoms with E-state index >= 15 is 0 Å². The van der Waals surface area contributed by atoms with Crippen LogP contribution in [0.5, 0.6) is 0 Å². The number of hydrogen-bond acceptors (Lipinski definition) is 4. The van der Waals surface area contributed by atoms with E-state index in [1.165, 1.54) is 0 Å². The number of nitrogens with two attached hydrogens (primary N) is 1. The molecule has 1 aliphatic heterocycles. The maximum atomic E-state index is 12.5. The molecule has 1 aromatic rings. The summed E-state index contributed by atoms with van der Waals surface area (Å²) >= 11 is 0. The minimum atomic E-state index is 0.0490. The Morgan fingerprint density at radius 3 is 2.84 bits per heavy atom. The number of amides is 1. The molecular formula is C14H22N4O. The Kier molecular flexibility index (Phi) is 4.37. The molecule has 1 amide bonds. The van der Waals surface area contributed by atoms with Gasteiger partial charge in [-0.25, -0.2) is 4.98 Å². The Labute approximate surface area is 114 Å². The number of likely N-dealkylation sites (tertiary alicyclic amines) is 1. The molecule has 104 valence electrons. The highest BCUT2D eigenvalue weighted by Crippen LogP contribution is 2.19. The van der Waals surface area contributed by atoms with Gasteiger partial charge in [0.15, 0.2) is 0 Å². The van der Waals surface area contributed by atoms with Crippen LogP contribution in [0.1, 0.15) is 29.6 Å². The molecule has 0 aliphatic carbocycles. The molecular weight excluding hydrogens is 240 g/mol. The van der Waals surface area contributed by atoms with Crippen LogP contribution >= 0.6 is 0 Å². The van der Waals surface area contributed by atoms with Crippen LogP contribution in [0, 0.1) is 0 Å². The summed E-state index contributed by atoms with van der Waals surface area (Å²) in [4.78, 5) is 20.6. The maximum absolute atomic E-state index is 12.5. The van der Waals surface area contributed by atoms with Crippen molar-refractivity contribution in [2.75, 3.05) is 32.1 Å². The zero-order valence-corrected chi connectivity index (χ0v) is 11.7. The molecule has 1 saturated heterocycles. The minimum absolute atomic E-state index is 0.0490. The summed E-state index contributed by atoms with van der Waals surface area (Å²) in [5.41, 5.74) is 6.40. The average molecular weight is 262 g/mol. The molecule has 0 aromatic carbocycles. The first-order chi connectivity index (χ1) is 9.13. The van der Waals surface area contributed by atoms with Crippen molar-refractivity contribution in [1.29, 1.82) is 0 Å². The molecule has 1 aromatic heterocycles. The number of hydrogen-bond donors (Lipinski definition) is 1. The molecule has 0 spiro atoms. The predicted octanol–water partition coefficient (Wildman–Crippen LogP) is 1.10. The van der Waals surface area contributed by atoms with Gasteiger partial charge in [-0.15, -0.1) is 0 Å². The summed E-state index contributed by atoms with van der Waals surface area (Å²) in [5.74, 6) is 0.901. The van der Waals surface area contributed by atoms with E-state index in [2.05, 4.69) is 4.98 Å². The van der Waals surface area contributed by atoms with Crippen LogP contribution in [0.15, 0.2) is 18.3 Å². The molecule has 1 atom stereocenters. The van der Waals surface area contributed by atoms with Gasteiger partial charge < -0.3 is 15.5 Å². The fourth-order valence-corrected chi connectivity index (χ4v) is 2.46. The Hall–Kier alpha value is -1.62. The molecule has 19 heavy (non-hydrogen) atoms. The van der Waals surface area contributed by atoms with Gasteiger partial charge in [0.05, 0.1) is 5.56 Å². The van der Waals surface area contributed by atoms with Crippen molar-refractivity contribution in [2.45, 2.75) is 25.3 Å². The number of anilines is 1. The second-order valence-corrected chi connectivity index (χ2v) is 5.18. The van der Waals surface area contributed by atoms with Crippen LogP contribution in [0.25, 0.3) is 0 Å². The van der Waals surface area contributed by atoms with Gasteiger partial charge in [-0.05, 0) is 31.4 Å². The molecule has 5 heteroatoms. The van der Waals surface area contributed by atoms with Gasteiger partial charge in [-0.3, -0.25) is 4.79 Å². The van der Waals surface area contributed by atoms with Crippen molar-refractivity contribution in [3.8, 4) is 0 Å². The molecule has 1 aliphatic rings. The lowest BCUT2D eigenvalue weighted by Gasteiger charge is -2.35. The van der Waals surface area contributed by atoms with Crippen molar-refractivity contribution in [3.63, 3.8) is 0 Å². The summed E-state index contributed by atoms with van der Waals surface area (Å²) in [7, 11) is 3.86. The van der Waals surface area contributed by atoms with Crippen molar-refractivity contribution in [1.82, 2.24) is 9.88 Å². The zero-order valence-electron chi connectivity index (χ0n) is 11.7. The summed E-state index contributed by atoms with van der Waals surface area (Å²) in [6.07, 6.45) is 4.88. The third kappa shape index (κ3) is 3.04. The van der Waals surface area contributed by atoms with Crippen molar-refractivity contribution < 1.29 is 4.79 Å². The van der Waals surface area contributed by atoms with E-state index in [1.54, 1.807) is 6.20 Å². The topological polar surface area (TPSA) is 62.5 Å². The Bertz CT molecular complexity index is 430. The summed E-state index contributed by atoms with van der Waals surface area (Å²) in [6.45, 7) is 1.34. The second kappa shape index (κ2) is 6.02. The van der Waals surface area contributed by atoms with Crippen molar-refractivity contribution in [3.05, 3.63) is 23.9 Å². The van der Waals surface area contributed by atoms with E-state index in [-0.39, 0.29) is 11.9 Å². The van der Waals surface area contributed by atoms with Gasteiger partial charge in [0, 0.05) is 39.4 Å². The normalized spacial score (nSPS) is 19.3. The van der Waals surface area contributed by atoms with E-state index in [1.807, 2.05) is 36.0 Å². The molecule has 2 heterocycles. The Morgan fingerprint density at radius 1 is 1.47 bits per heavy atom. The highest BCUT2D eigenvalue weighted by molar-refractivity contribution is 5.94. The Morgan fingerprint density at radius 2 is 2.26 bits per heavy atom. The lowest BCUT2D eigenvalue weighted by atomic mass is 10.0. The Balaban J connectivity index is 2.13. The van der Waals surface area contributed by atoms with E-state index in [4.69, 9.17) is 5.73 Å². The number of carbonyl (C=O) groups excluding carboxylic acids is 1. The lowest BCUT2D eigenvalue weighted by molar-refractivity contribution is 0.0623. The number of aromatic nitrogens is 1. The fourth-order valence-electron chi connectivity index (χ4n) is 2.46. The smallest absolute Gasteiger partial charge is 0.255 e. The first-order valence-electron chi connectivity index (χ1n) is 6.78. The van der Waals surface area contributed by atoms with Gasteiger partial charge in [-0.1, -0.05) is 0 Å². The average Bonchev–Trinajstić information content (AvgIpc) is 2.46. The summed E-state index contributed by atoms with van der Waals surface area (Å²) in [6, 6.07) is 3.89. The van der Waals surface area contributed by atoms with Crippen LogP contribution in [-0.2, 0) is 0 Å². The first kappa shape index (κ1) is 13.8. The van der Waals surface area contributed by atoms with Gasteiger partial charge in [0.25, 0.3) is 5.91 Å². The third-order valence-electron chi connectivity index (χ3n) is 3.61. The highest BCUT2D eigenvalue weighted by Gasteiger charge is 2.26. The monoisotopic (exact) mass is 262 g/mol. The van der Waals surface area contributed by atoms with Crippen molar-refractivity contribution in [2.24, 2.45) is 5.73 Å². The van der Waals surface area contributed by atoms with E-state index < -0.39 is 0 Å². The quantitative estimate of drug-likeness (QED) is 0.886. The zero-order chi connectivity index (χ0) is 13.8. The highest BCUT2D eigenvalue weighted by atomic mass is 16.2. The van der Waals surface area contributed by atoms with Crippen LogP contribution in [0.3, 0.4) is 0 Å². The summed E-state index contributed by atoms with van der Waals surface area (Å²) < 4.78 is 0. The molecule has 0 bridgehead atoms. The minimum Gasteiger partial charge on any atom is -0.363 e. The van der Waals surface area contributed by atoms with Crippen LogP contribution in [0.2, 0.25) is 0 Å². The first-order valence-corrected chi connectivity index (χ1v) is 6.78. The summed E-state index contributed by atoms with van der Waals surface area (Å²) in [5, 5.41) is 0. The molecule has 0 saturated carbocycles. The van der Waals surface area contributed by atoms with Gasteiger partial charge in [0.1, 0.15) is 5.82 Å². The van der Waals surface area contributed by atoms with Gasteiger partial charge in [-0.2, -0.15) is 0 Å². The molecule has 2 N–H and O–H groups in total. The van der Waals surface area contributed by atoms with Crippen LogP contribution < -0.4 is 10.6 Å². The molecule has 0 unspecified atom stereocenters. The predicted molar refractivity (Wildman–Crippen MR) is 76.3 cm³/mol. The second-order valence-electron chi connectivity index (χ2n) is 5.18. The van der Waals surface area contributed by atoms with Gasteiger partial charge >= 0.3 is 0 Å². The van der Waals surface area contributed by atoms with Crippen molar-refractivity contribution >= 4 is 11.7 Å². The molecule has 0 radical (unpaired) electrons. The standard InChI is InChI=1S/C14H22N4O/c1-17(2)13-7-6-11(10-16-13)14(19)18-8-4-3-5-12(18)9-15/h6-7,10,12H,3-5,8-9,15H2,1-2H3/t12-/m1/s1. The number of rotatable bonds is 3. The number of pyridine rings is 1. The lowest BCUT2D eigenvalue weighted by Crippen LogP contribution is -2.47. The fraction of sp³-hybridized carbons (Fsp3) is 0.571. The largest absolute Gasteiger partial charge is 0.363 e. The van der Waals surface area contributed by atoms with Crippen LogP contribution in [-0.4, -0.2) is 49.0 Å². The molecule has 5 nitrogen and oxygen atoms in total. The number of piperidine rings is 1. The van der Waals surface area contributed by atoms with Crippen LogP contribution in [0.4, 0.5) is 5.82 Å². The molecule has 2 rings (SSSR count). The van der Waals surface area contributed by atoms with E-state index in [0.29, 0.717) is 12.1 Å². The van der Waals surface area contributed by atoms with E-state index in [9.17, 15) is 4.79 Å². The van der Waals surface area contributed by atoms with Gasteiger partial charge in [0.2, 0.25) is 0 Å².